The van der Waals surface area contributed by atoms with Gasteiger partial charge < -0.3 is 4.90 Å². The number of hydrogen-bond donors (Lipinski definition) is 0. The molecule has 0 spiro atoms. The minimum Gasteiger partial charge on any atom is -0.332 e. The Hall–Kier alpha value is -1.43. The van der Waals surface area contributed by atoms with Gasteiger partial charge in [-0.25, -0.2) is 0 Å². The maximum Gasteiger partial charge on any atom is 0.307 e. The van der Waals surface area contributed by atoms with Gasteiger partial charge in [-0.05, 0) is 19.4 Å². The molecule has 1 aromatic rings. The van der Waals surface area contributed by atoms with Crippen LogP contribution in [0.25, 0.3) is 0 Å². The summed E-state index contributed by atoms with van der Waals surface area (Å²) in [5.41, 5.74) is 0.234. The second-order valence-electron chi connectivity index (χ2n) is 5.23. The fourth-order valence-electron chi connectivity index (χ4n) is 2.41. The molecule has 0 aromatic heterocycles. The third-order valence-electron chi connectivity index (χ3n) is 3.64. The minimum absolute atomic E-state index is 0.0977. The molecule has 0 bridgehead atoms. The molecule has 0 radical (unpaired) electrons. The lowest BCUT2D eigenvalue weighted by atomic mass is 9.92. The highest BCUT2D eigenvalue weighted by Crippen LogP contribution is 2.33. The molecular formula is C13H16FNO3S. The van der Waals surface area contributed by atoms with Gasteiger partial charge >= 0.3 is 10.2 Å². The number of likely N-dealkylation sites (tertiary alicyclic amines) is 1. The van der Waals surface area contributed by atoms with Crippen LogP contribution >= 0.6 is 0 Å². The quantitative estimate of drug-likeness (QED) is 0.796. The van der Waals surface area contributed by atoms with Gasteiger partial charge in [0.15, 0.2) is 0 Å². The standard InChI is InChI=1S/C13H16FNO3S/c1-13(2,10-6-4-3-5-7-10)15-9-11(8-12(15)16)19(14,17)18/h3-7,11H,8-9H2,1-2H3. The van der Waals surface area contributed by atoms with E-state index in [2.05, 4.69) is 0 Å². The molecule has 104 valence electrons. The van der Waals surface area contributed by atoms with Crippen molar-refractivity contribution in [3.8, 4) is 0 Å². The molecule has 1 saturated heterocycles. The molecule has 1 heterocycles. The summed E-state index contributed by atoms with van der Waals surface area (Å²) in [5.74, 6) is -0.333. The van der Waals surface area contributed by atoms with E-state index in [1.165, 1.54) is 4.90 Å². The van der Waals surface area contributed by atoms with E-state index in [1.807, 2.05) is 44.2 Å². The van der Waals surface area contributed by atoms with Gasteiger partial charge in [0.05, 0.1) is 5.54 Å². The first-order chi connectivity index (χ1) is 8.73. The summed E-state index contributed by atoms with van der Waals surface area (Å²) in [6.45, 7) is 3.56. The number of amides is 1. The van der Waals surface area contributed by atoms with Gasteiger partial charge in [-0.1, -0.05) is 30.3 Å². The Labute approximate surface area is 112 Å². The topological polar surface area (TPSA) is 54.5 Å². The van der Waals surface area contributed by atoms with E-state index in [0.29, 0.717) is 0 Å². The van der Waals surface area contributed by atoms with Crippen molar-refractivity contribution in [1.82, 2.24) is 4.90 Å². The van der Waals surface area contributed by atoms with Crippen LogP contribution in [-0.4, -0.2) is 31.0 Å². The van der Waals surface area contributed by atoms with Crippen LogP contribution in [0, 0.1) is 0 Å². The zero-order valence-corrected chi connectivity index (χ0v) is 11.7. The molecule has 4 nitrogen and oxygen atoms in total. The average molecular weight is 285 g/mol. The van der Waals surface area contributed by atoms with Crippen molar-refractivity contribution in [2.75, 3.05) is 6.54 Å². The first-order valence-corrected chi connectivity index (χ1v) is 7.47. The zero-order chi connectivity index (χ0) is 14.3. The Morgan fingerprint density at radius 2 is 1.84 bits per heavy atom. The number of rotatable bonds is 3. The van der Waals surface area contributed by atoms with Crippen LogP contribution in [0.3, 0.4) is 0 Å². The van der Waals surface area contributed by atoms with E-state index in [0.717, 1.165) is 5.56 Å². The molecule has 1 aliphatic rings. The van der Waals surface area contributed by atoms with E-state index in [4.69, 9.17) is 0 Å². The van der Waals surface area contributed by atoms with Crippen molar-refractivity contribution in [2.45, 2.75) is 31.1 Å². The van der Waals surface area contributed by atoms with Crippen molar-refractivity contribution in [2.24, 2.45) is 0 Å². The van der Waals surface area contributed by atoms with Crippen molar-refractivity contribution in [3.63, 3.8) is 0 Å². The number of halogens is 1. The van der Waals surface area contributed by atoms with Crippen molar-refractivity contribution in [3.05, 3.63) is 35.9 Å². The fourth-order valence-corrected chi connectivity index (χ4v) is 3.07. The molecule has 1 aromatic carbocycles. The first-order valence-electron chi connectivity index (χ1n) is 6.02. The van der Waals surface area contributed by atoms with E-state index < -0.39 is 21.0 Å². The van der Waals surface area contributed by atoms with Crippen LogP contribution < -0.4 is 0 Å². The van der Waals surface area contributed by atoms with Crippen LogP contribution in [0.5, 0.6) is 0 Å². The summed E-state index contributed by atoms with van der Waals surface area (Å²) < 4.78 is 34.9. The highest BCUT2D eigenvalue weighted by molar-refractivity contribution is 7.87. The highest BCUT2D eigenvalue weighted by atomic mass is 32.3. The van der Waals surface area contributed by atoms with Crippen molar-refractivity contribution in [1.29, 1.82) is 0 Å². The molecule has 1 unspecified atom stereocenters. The number of carbonyl (C=O) groups excluding carboxylic acids is 1. The van der Waals surface area contributed by atoms with Gasteiger partial charge in [0.2, 0.25) is 5.91 Å². The molecule has 1 fully saturated rings. The number of hydrogen-bond acceptors (Lipinski definition) is 3. The highest BCUT2D eigenvalue weighted by Gasteiger charge is 2.44. The van der Waals surface area contributed by atoms with Crippen LogP contribution in [0.2, 0.25) is 0 Å². The number of carbonyl (C=O) groups is 1. The van der Waals surface area contributed by atoms with Crippen LogP contribution in [0.1, 0.15) is 25.8 Å². The lowest BCUT2D eigenvalue weighted by molar-refractivity contribution is -0.132. The monoisotopic (exact) mass is 285 g/mol. The van der Waals surface area contributed by atoms with Crippen molar-refractivity contribution < 1.29 is 17.1 Å². The molecule has 1 amide bonds. The lowest BCUT2D eigenvalue weighted by Crippen LogP contribution is -2.43. The Morgan fingerprint density at radius 3 is 2.32 bits per heavy atom. The minimum atomic E-state index is -4.67. The van der Waals surface area contributed by atoms with Gasteiger partial charge in [-0.2, -0.15) is 8.42 Å². The molecule has 1 aliphatic heterocycles. The third-order valence-corrected chi connectivity index (χ3v) is 4.75. The lowest BCUT2D eigenvalue weighted by Gasteiger charge is -2.36. The maximum absolute atomic E-state index is 13.0. The maximum atomic E-state index is 13.0. The first kappa shape index (κ1) is 14.0. The SMILES string of the molecule is CC(C)(c1ccccc1)N1CC(S(=O)(=O)F)CC1=O. The van der Waals surface area contributed by atoms with Crippen LogP contribution in [-0.2, 0) is 20.6 Å². The summed E-state index contributed by atoms with van der Waals surface area (Å²) in [4.78, 5) is 13.4. The van der Waals surface area contributed by atoms with Gasteiger partial charge in [0.1, 0.15) is 5.25 Å². The molecule has 1 atom stereocenters. The summed E-state index contributed by atoms with van der Waals surface area (Å²) in [6, 6.07) is 9.29. The van der Waals surface area contributed by atoms with Crippen LogP contribution in [0.4, 0.5) is 3.89 Å². The Bertz CT molecular complexity index is 583. The van der Waals surface area contributed by atoms with E-state index >= 15 is 0 Å². The Balaban J connectivity index is 2.30. The fraction of sp³-hybridized carbons (Fsp3) is 0.462. The van der Waals surface area contributed by atoms with Gasteiger partial charge in [-0.3, -0.25) is 4.79 Å². The second-order valence-corrected chi connectivity index (χ2v) is 6.85. The molecule has 6 heteroatoms. The Morgan fingerprint density at radius 1 is 1.26 bits per heavy atom. The molecule has 19 heavy (non-hydrogen) atoms. The van der Waals surface area contributed by atoms with E-state index in [1.54, 1.807) is 0 Å². The van der Waals surface area contributed by atoms with Crippen LogP contribution in [0.15, 0.2) is 30.3 Å². The third kappa shape index (κ3) is 2.63. The summed E-state index contributed by atoms with van der Waals surface area (Å²) >= 11 is 0. The molecule has 0 saturated carbocycles. The summed E-state index contributed by atoms with van der Waals surface area (Å²) in [7, 11) is -4.67. The smallest absolute Gasteiger partial charge is 0.307 e. The normalized spacial score (nSPS) is 20.9. The zero-order valence-electron chi connectivity index (χ0n) is 10.8. The van der Waals surface area contributed by atoms with Gasteiger partial charge in [-0.15, -0.1) is 3.89 Å². The predicted molar refractivity (Wildman–Crippen MR) is 69.6 cm³/mol. The summed E-state index contributed by atoms with van der Waals surface area (Å²) in [5, 5.41) is -1.25. The molecule has 0 N–H and O–H groups in total. The summed E-state index contributed by atoms with van der Waals surface area (Å²) in [6.07, 6.45) is -0.283. The van der Waals surface area contributed by atoms with Gasteiger partial charge in [0, 0.05) is 13.0 Å². The number of benzene rings is 1. The second kappa shape index (κ2) is 4.59. The van der Waals surface area contributed by atoms with Crippen molar-refractivity contribution >= 4 is 16.1 Å². The average Bonchev–Trinajstić information content (AvgIpc) is 2.73. The van der Waals surface area contributed by atoms with E-state index in [9.17, 15) is 17.1 Å². The van der Waals surface area contributed by atoms with Gasteiger partial charge in [0.25, 0.3) is 0 Å². The van der Waals surface area contributed by atoms with E-state index in [-0.39, 0.29) is 18.9 Å². The Kier molecular flexibility index (Phi) is 3.38. The molecule has 0 aliphatic carbocycles. The largest absolute Gasteiger partial charge is 0.332 e. The molecular weight excluding hydrogens is 269 g/mol. The predicted octanol–water partition coefficient (Wildman–Crippen LogP) is 1.82. The number of nitrogens with zero attached hydrogens (tertiary/aromatic N) is 1. The molecule has 2 rings (SSSR count).